The van der Waals surface area contributed by atoms with Crippen molar-refractivity contribution in [1.29, 1.82) is 0 Å². The summed E-state index contributed by atoms with van der Waals surface area (Å²) in [6.07, 6.45) is 0. The highest BCUT2D eigenvalue weighted by molar-refractivity contribution is 7.89. The number of aromatic amines is 1. The van der Waals surface area contributed by atoms with E-state index in [0.717, 1.165) is 5.69 Å². The van der Waals surface area contributed by atoms with Crippen LogP contribution in [0, 0.1) is 12.8 Å². The molecule has 0 saturated heterocycles. The SMILES string of the molecule is CNCc1c(S(=O)(=O)N(C)CC(C)C)n[nH]c1C. The van der Waals surface area contributed by atoms with Gasteiger partial charge in [-0.15, -0.1) is 0 Å². The van der Waals surface area contributed by atoms with Gasteiger partial charge in [0.15, 0.2) is 5.03 Å². The molecule has 0 aliphatic heterocycles. The van der Waals surface area contributed by atoms with Crippen LogP contribution in [0.15, 0.2) is 5.03 Å². The Morgan fingerprint density at radius 1 is 1.44 bits per heavy atom. The molecule has 1 rings (SSSR count). The van der Waals surface area contributed by atoms with Crippen LogP contribution in [0.3, 0.4) is 0 Å². The molecule has 0 saturated carbocycles. The Balaban J connectivity index is 3.12. The number of hydrogen-bond donors (Lipinski definition) is 2. The Hall–Kier alpha value is -0.920. The molecule has 0 bridgehead atoms. The number of hydrogen-bond acceptors (Lipinski definition) is 4. The van der Waals surface area contributed by atoms with Gasteiger partial charge in [-0.25, -0.2) is 8.42 Å². The first-order valence-corrected chi connectivity index (χ1v) is 7.39. The van der Waals surface area contributed by atoms with Crippen molar-refractivity contribution in [1.82, 2.24) is 19.8 Å². The number of nitrogens with one attached hydrogen (secondary N) is 2. The molecule has 0 fully saturated rings. The van der Waals surface area contributed by atoms with Crippen LogP contribution in [-0.2, 0) is 16.6 Å². The molecule has 0 radical (unpaired) electrons. The van der Waals surface area contributed by atoms with Crippen molar-refractivity contribution < 1.29 is 8.42 Å². The van der Waals surface area contributed by atoms with Crippen molar-refractivity contribution in [2.75, 3.05) is 20.6 Å². The third-order valence-corrected chi connectivity index (χ3v) is 4.46. The third-order valence-electron chi connectivity index (χ3n) is 2.67. The number of H-pyrrole nitrogens is 1. The summed E-state index contributed by atoms with van der Waals surface area (Å²) in [7, 11) is -0.151. The van der Waals surface area contributed by atoms with Gasteiger partial charge in [0.1, 0.15) is 0 Å². The van der Waals surface area contributed by atoms with E-state index >= 15 is 0 Å². The van der Waals surface area contributed by atoms with Gasteiger partial charge in [-0.2, -0.15) is 9.40 Å². The normalized spacial score (nSPS) is 12.6. The lowest BCUT2D eigenvalue weighted by atomic mass is 10.2. The first-order valence-electron chi connectivity index (χ1n) is 5.95. The van der Waals surface area contributed by atoms with E-state index in [9.17, 15) is 8.42 Å². The Morgan fingerprint density at radius 3 is 2.56 bits per heavy atom. The summed E-state index contributed by atoms with van der Waals surface area (Å²) in [5, 5.41) is 9.76. The molecular formula is C11H22N4O2S. The summed E-state index contributed by atoms with van der Waals surface area (Å²) in [6.45, 7) is 6.74. The molecule has 0 aliphatic carbocycles. The lowest BCUT2D eigenvalue weighted by Gasteiger charge is -2.18. The maximum atomic E-state index is 12.4. The van der Waals surface area contributed by atoms with Gasteiger partial charge in [-0.05, 0) is 19.9 Å². The Kier molecular flexibility index (Phi) is 4.89. The minimum atomic E-state index is -3.52. The van der Waals surface area contributed by atoms with Gasteiger partial charge < -0.3 is 5.32 Å². The maximum Gasteiger partial charge on any atom is 0.262 e. The largest absolute Gasteiger partial charge is 0.316 e. The monoisotopic (exact) mass is 274 g/mol. The van der Waals surface area contributed by atoms with Crippen molar-refractivity contribution >= 4 is 10.0 Å². The van der Waals surface area contributed by atoms with Gasteiger partial charge >= 0.3 is 0 Å². The number of rotatable bonds is 6. The van der Waals surface area contributed by atoms with Gasteiger partial charge in [0.25, 0.3) is 10.0 Å². The van der Waals surface area contributed by atoms with Crippen molar-refractivity contribution in [2.45, 2.75) is 32.3 Å². The van der Waals surface area contributed by atoms with Gasteiger partial charge in [-0.3, -0.25) is 5.10 Å². The lowest BCUT2D eigenvalue weighted by Crippen LogP contribution is -2.31. The van der Waals surface area contributed by atoms with Crippen LogP contribution in [0.5, 0.6) is 0 Å². The molecule has 18 heavy (non-hydrogen) atoms. The van der Waals surface area contributed by atoms with Crippen molar-refractivity contribution in [3.63, 3.8) is 0 Å². The summed E-state index contributed by atoms with van der Waals surface area (Å²) in [6, 6.07) is 0. The average molecular weight is 274 g/mol. The Labute approximate surface area is 109 Å². The van der Waals surface area contributed by atoms with Crippen LogP contribution in [0.4, 0.5) is 0 Å². The minimum Gasteiger partial charge on any atom is -0.316 e. The zero-order valence-corrected chi connectivity index (χ0v) is 12.4. The summed E-state index contributed by atoms with van der Waals surface area (Å²) in [5.41, 5.74) is 1.48. The standard InChI is InChI=1S/C11H22N4O2S/c1-8(2)7-15(5)18(16,17)11-10(6-12-4)9(3)13-14-11/h8,12H,6-7H2,1-5H3,(H,13,14). The fourth-order valence-corrected chi connectivity index (χ4v) is 3.28. The van der Waals surface area contributed by atoms with Crippen LogP contribution in [0.2, 0.25) is 0 Å². The number of nitrogens with zero attached hydrogens (tertiary/aromatic N) is 2. The van der Waals surface area contributed by atoms with E-state index < -0.39 is 10.0 Å². The predicted octanol–water partition coefficient (Wildman–Crippen LogP) is 0.714. The first kappa shape index (κ1) is 15.1. The summed E-state index contributed by atoms with van der Waals surface area (Å²) in [4.78, 5) is 0. The summed E-state index contributed by atoms with van der Waals surface area (Å²) >= 11 is 0. The highest BCUT2D eigenvalue weighted by atomic mass is 32.2. The molecule has 1 aromatic heterocycles. The zero-order chi connectivity index (χ0) is 13.9. The summed E-state index contributed by atoms with van der Waals surface area (Å²) in [5.74, 6) is 0.276. The number of aryl methyl sites for hydroxylation is 1. The molecule has 0 amide bonds. The van der Waals surface area contributed by atoms with E-state index in [1.54, 1.807) is 14.1 Å². The number of aromatic nitrogens is 2. The topological polar surface area (TPSA) is 78.1 Å². The van der Waals surface area contributed by atoms with Gasteiger partial charge in [0, 0.05) is 31.4 Å². The van der Waals surface area contributed by atoms with E-state index in [1.165, 1.54) is 4.31 Å². The predicted molar refractivity (Wildman–Crippen MR) is 70.7 cm³/mol. The van der Waals surface area contributed by atoms with Crippen molar-refractivity contribution in [3.8, 4) is 0 Å². The van der Waals surface area contributed by atoms with Crippen LogP contribution in [0.25, 0.3) is 0 Å². The van der Waals surface area contributed by atoms with E-state index in [0.29, 0.717) is 18.7 Å². The molecule has 0 atom stereocenters. The van der Waals surface area contributed by atoms with E-state index in [4.69, 9.17) is 0 Å². The van der Waals surface area contributed by atoms with Gasteiger partial charge in [0.05, 0.1) is 0 Å². The highest BCUT2D eigenvalue weighted by Crippen LogP contribution is 2.20. The van der Waals surface area contributed by atoms with Crippen molar-refractivity contribution in [2.24, 2.45) is 5.92 Å². The number of sulfonamides is 1. The van der Waals surface area contributed by atoms with E-state index in [1.807, 2.05) is 20.8 Å². The molecule has 104 valence electrons. The van der Waals surface area contributed by atoms with Crippen LogP contribution in [-0.4, -0.2) is 43.6 Å². The fourth-order valence-electron chi connectivity index (χ4n) is 1.79. The Bertz CT molecular complexity index is 493. The second-order valence-corrected chi connectivity index (χ2v) is 6.80. The quantitative estimate of drug-likeness (QED) is 0.801. The molecule has 0 spiro atoms. The average Bonchev–Trinajstić information content (AvgIpc) is 2.60. The smallest absolute Gasteiger partial charge is 0.262 e. The molecule has 6 nitrogen and oxygen atoms in total. The first-order chi connectivity index (χ1) is 8.30. The van der Waals surface area contributed by atoms with Gasteiger partial charge in [0.2, 0.25) is 0 Å². The molecule has 0 aromatic carbocycles. The molecule has 0 aliphatic rings. The van der Waals surface area contributed by atoms with E-state index in [-0.39, 0.29) is 10.9 Å². The molecule has 2 N–H and O–H groups in total. The van der Waals surface area contributed by atoms with E-state index in [2.05, 4.69) is 15.5 Å². The maximum absolute atomic E-state index is 12.4. The molecule has 1 aromatic rings. The third kappa shape index (κ3) is 3.09. The second-order valence-electron chi connectivity index (χ2n) is 4.84. The van der Waals surface area contributed by atoms with Crippen LogP contribution >= 0.6 is 0 Å². The molecule has 1 heterocycles. The zero-order valence-electron chi connectivity index (χ0n) is 11.6. The lowest BCUT2D eigenvalue weighted by molar-refractivity contribution is 0.415. The molecular weight excluding hydrogens is 252 g/mol. The Morgan fingerprint density at radius 2 is 2.06 bits per heavy atom. The van der Waals surface area contributed by atoms with Gasteiger partial charge in [-0.1, -0.05) is 13.8 Å². The summed E-state index contributed by atoms with van der Waals surface area (Å²) < 4.78 is 26.1. The van der Waals surface area contributed by atoms with Crippen LogP contribution in [0.1, 0.15) is 25.1 Å². The minimum absolute atomic E-state index is 0.123. The molecule has 7 heteroatoms. The van der Waals surface area contributed by atoms with Crippen molar-refractivity contribution in [3.05, 3.63) is 11.3 Å². The molecule has 0 unspecified atom stereocenters. The fraction of sp³-hybridized carbons (Fsp3) is 0.727. The van der Waals surface area contributed by atoms with Crippen LogP contribution < -0.4 is 5.32 Å². The highest BCUT2D eigenvalue weighted by Gasteiger charge is 2.28. The second kappa shape index (κ2) is 5.81.